The molecule has 2 aromatic rings. The van der Waals surface area contributed by atoms with E-state index < -0.39 is 37.0 Å². The van der Waals surface area contributed by atoms with Gasteiger partial charge in [0.25, 0.3) is 0 Å². The van der Waals surface area contributed by atoms with E-state index in [0.29, 0.717) is 21.2 Å². The maximum atomic E-state index is 10.6. The third-order valence-corrected chi connectivity index (χ3v) is 5.51. The lowest BCUT2D eigenvalue weighted by atomic mass is 10.0. The summed E-state index contributed by atoms with van der Waals surface area (Å²) in [5.74, 6) is 0. The maximum absolute atomic E-state index is 10.6. The maximum Gasteiger partial charge on any atom is 0.185 e. The highest BCUT2D eigenvalue weighted by molar-refractivity contribution is 6.31. The van der Waals surface area contributed by atoms with Crippen LogP contribution in [0.25, 0.3) is 0 Å². The minimum Gasteiger partial charge on any atom is -0.388 e. The first-order valence-electron chi connectivity index (χ1n) is 8.93. The number of rotatable bonds is 2. The van der Waals surface area contributed by atoms with Crippen LogP contribution in [0.15, 0.2) is 48.5 Å². The molecule has 2 N–H and O–H groups in total. The Labute approximate surface area is 172 Å². The Morgan fingerprint density at radius 3 is 1.89 bits per heavy atom. The van der Waals surface area contributed by atoms with Gasteiger partial charge in [-0.2, -0.15) is 0 Å². The molecule has 0 aliphatic carbocycles. The number of ether oxygens (including phenoxy) is 4. The van der Waals surface area contributed by atoms with Gasteiger partial charge in [0.1, 0.15) is 24.4 Å². The predicted octanol–water partition coefficient (Wildman–Crippen LogP) is 3.24. The molecular formula is C20H20Cl2O6. The van der Waals surface area contributed by atoms with Crippen molar-refractivity contribution < 1.29 is 29.2 Å². The zero-order valence-corrected chi connectivity index (χ0v) is 16.3. The fraction of sp³-hybridized carbons (Fsp3) is 0.400. The molecule has 4 rings (SSSR count). The summed E-state index contributed by atoms with van der Waals surface area (Å²) in [6.45, 7) is -0.0180. The number of benzene rings is 2. The molecule has 2 aliphatic rings. The van der Waals surface area contributed by atoms with Gasteiger partial charge in [-0.25, -0.2) is 0 Å². The Hall–Kier alpha value is -1.22. The van der Waals surface area contributed by atoms with E-state index in [4.69, 9.17) is 42.1 Å². The number of halogens is 2. The van der Waals surface area contributed by atoms with Crippen LogP contribution in [-0.2, 0) is 18.9 Å². The molecule has 2 aromatic carbocycles. The average molecular weight is 427 g/mol. The van der Waals surface area contributed by atoms with Gasteiger partial charge in [0.2, 0.25) is 0 Å². The van der Waals surface area contributed by atoms with Crippen molar-refractivity contribution in [2.24, 2.45) is 0 Å². The highest BCUT2D eigenvalue weighted by Gasteiger charge is 2.44. The van der Waals surface area contributed by atoms with Crippen molar-refractivity contribution in [2.45, 2.75) is 37.0 Å². The Bertz CT molecular complexity index is 819. The SMILES string of the molecule is O[C@@H]1[C@H]2OC(c3ccccc3Cl)OC[C@H]2OC(c2ccccc2Cl)OC[C@@H]1O. The van der Waals surface area contributed by atoms with Crippen LogP contribution in [-0.4, -0.2) is 47.8 Å². The van der Waals surface area contributed by atoms with Crippen molar-refractivity contribution in [2.75, 3.05) is 13.2 Å². The van der Waals surface area contributed by atoms with Crippen LogP contribution in [0.3, 0.4) is 0 Å². The normalized spacial score (nSPS) is 33.6. The van der Waals surface area contributed by atoms with Gasteiger partial charge in [-0.15, -0.1) is 0 Å². The minimum atomic E-state index is -1.22. The van der Waals surface area contributed by atoms with Crippen molar-refractivity contribution in [1.29, 1.82) is 0 Å². The molecule has 28 heavy (non-hydrogen) atoms. The Kier molecular flexibility index (Phi) is 6.20. The zero-order chi connectivity index (χ0) is 19.7. The molecule has 2 fully saturated rings. The summed E-state index contributed by atoms with van der Waals surface area (Å²) in [4.78, 5) is 0. The van der Waals surface area contributed by atoms with E-state index in [2.05, 4.69) is 0 Å². The topological polar surface area (TPSA) is 77.4 Å². The van der Waals surface area contributed by atoms with Gasteiger partial charge in [0.15, 0.2) is 12.6 Å². The number of aliphatic hydroxyl groups is 2. The molecule has 6 atom stereocenters. The first kappa shape index (κ1) is 20.1. The van der Waals surface area contributed by atoms with E-state index in [9.17, 15) is 10.2 Å². The summed E-state index contributed by atoms with van der Waals surface area (Å²) in [6.07, 6.45) is -5.49. The van der Waals surface area contributed by atoms with Gasteiger partial charge in [0.05, 0.1) is 13.2 Å². The lowest BCUT2D eigenvalue weighted by Crippen LogP contribution is -2.55. The number of aliphatic hydroxyl groups excluding tert-OH is 2. The number of hydrogen-bond donors (Lipinski definition) is 2. The first-order valence-corrected chi connectivity index (χ1v) is 9.69. The van der Waals surface area contributed by atoms with Crippen molar-refractivity contribution in [1.82, 2.24) is 0 Å². The molecule has 2 unspecified atom stereocenters. The predicted molar refractivity (Wildman–Crippen MR) is 102 cm³/mol. The van der Waals surface area contributed by atoms with Crippen molar-refractivity contribution in [3.63, 3.8) is 0 Å². The lowest BCUT2D eigenvalue weighted by Gasteiger charge is -2.43. The van der Waals surface area contributed by atoms with Crippen LogP contribution in [0.1, 0.15) is 23.7 Å². The number of hydrogen-bond acceptors (Lipinski definition) is 6. The second kappa shape index (κ2) is 8.65. The highest BCUT2D eigenvalue weighted by Crippen LogP contribution is 2.37. The minimum absolute atomic E-state index is 0.120. The first-order chi connectivity index (χ1) is 13.5. The van der Waals surface area contributed by atoms with Gasteiger partial charge < -0.3 is 29.2 Å². The van der Waals surface area contributed by atoms with Crippen LogP contribution in [0, 0.1) is 0 Å². The molecule has 0 spiro atoms. The van der Waals surface area contributed by atoms with Gasteiger partial charge in [-0.05, 0) is 12.1 Å². The van der Waals surface area contributed by atoms with E-state index in [1.54, 1.807) is 36.4 Å². The van der Waals surface area contributed by atoms with Crippen LogP contribution < -0.4 is 0 Å². The third-order valence-electron chi connectivity index (χ3n) is 4.82. The Balaban J connectivity index is 1.58. The van der Waals surface area contributed by atoms with Gasteiger partial charge in [-0.1, -0.05) is 59.6 Å². The highest BCUT2D eigenvalue weighted by atomic mass is 35.5. The van der Waals surface area contributed by atoms with Gasteiger partial charge >= 0.3 is 0 Å². The molecule has 0 aromatic heterocycles. The van der Waals surface area contributed by atoms with E-state index in [0.717, 1.165) is 0 Å². The quantitative estimate of drug-likeness (QED) is 0.767. The molecule has 6 nitrogen and oxygen atoms in total. The van der Waals surface area contributed by atoms with Crippen LogP contribution in [0.5, 0.6) is 0 Å². The summed E-state index contributed by atoms with van der Waals surface area (Å²) >= 11 is 12.5. The van der Waals surface area contributed by atoms with Crippen molar-refractivity contribution in [3.05, 3.63) is 69.7 Å². The van der Waals surface area contributed by atoms with E-state index in [-0.39, 0.29) is 13.2 Å². The van der Waals surface area contributed by atoms with Gasteiger partial charge in [-0.3, -0.25) is 0 Å². The summed E-state index contributed by atoms with van der Waals surface area (Å²) in [6, 6.07) is 14.3. The molecule has 0 amide bonds. The third kappa shape index (κ3) is 4.06. The molecule has 2 heterocycles. The summed E-state index contributed by atoms with van der Waals surface area (Å²) in [5.41, 5.74) is 1.27. The summed E-state index contributed by atoms with van der Waals surface area (Å²) in [5, 5.41) is 21.9. The smallest absolute Gasteiger partial charge is 0.185 e. The molecule has 0 saturated carbocycles. The van der Waals surface area contributed by atoms with Crippen LogP contribution in [0.2, 0.25) is 10.0 Å². The molecule has 150 valence electrons. The molecule has 0 bridgehead atoms. The standard InChI is InChI=1S/C20H20Cl2O6/c21-13-7-3-1-5-11(13)19-25-9-15(23)17(24)18-16(27-19)10-26-20(28-18)12-6-2-4-8-14(12)22/h1-8,15-20,23-24H,9-10H2/t15-,16+,17-,18-,19?,20?/m0/s1. The Morgan fingerprint density at radius 2 is 1.29 bits per heavy atom. The largest absolute Gasteiger partial charge is 0.388 e. The lowest BCUT2D eigenvalue weighted by molar-refractivity contribution is -0.332. The van der Waals surface area contributed by atoms with E-state index in [1.165, 1.54) is 0 Å². The molecule has 0 radical (unpaired) electrons. The second-order valence-corrected chi connectivity index (χ2v) is 7.52. The fourth-order valence-corrected chi connectivity index (χ4v) is 3.77. The molecule has 2 saturated heterocycles. The average Bonchev–Trinajstić information content (AvgIpc) is 2.70. The summed E-state index contributed by atoms with van der Waals surface area (Å²) < 4.78 is 23.5. The van der Waals surface area contributed by atoms with Crippen molar-refractivity contribution in [3.8, 4) is 0 Å². The fourth-order valence-electron chi connectivity index (χ4n) is 3.32. The molecular weight excluding hydrogens is 407 g/mol. The van der Waals surface area contributed by atoms with Crippen LogP contribution >= 0.6 is 23.2 Å². The molecule has 2 aliphatic heterocycles. The Morgan fingerprint density at radius 1 is 0.750 bits per heavy atom. The zero-order valence-electron chi connectivity index (χ0n) is 14.8. The number of fused-ring (bicyclic) bond motifs is 1. The second-order valence-electron chi connectivity index (χ2n) is 6.71. The van der Waals surface area contributed by atoms with Crippen molar-refractivity contribution >= 4 is 23.2 Å². The molecule has 8 heteroatoms. The van der Waals surface area contributed by atoms with Crippen LogP contribution in [0.4, 0.5) is 0 Å². The summed E-state index contributed by atoms with van der Waals surface area (Å²) in [7, 11) is 0. The van der Waals surface area contributed by atoms with E-state index >= 15 is 0 Å². The monoisotopic (exact) mass is 426 g/mol. The van der Waals surface area contributed by atoms with E-state index in [1.807, 2.05) is 12.1 Å². The van der Waals surface area contributed by atoms with Gasteiger partial charge in [0, 0.05) is 21.2 Å².